The third-order valence-corrected chi connectivity index (χ3v) is 5.80. The van der Waals surface area contributed by atoms with Crippen LogP contribution in [-0.4, -0.2) is 42.1 Å². The third kappa shape index (κ3) is 3.65. The Morgan fingerprint density at radius 3 is 2.92 bits per heavy atom. The van der Waals surface area contributed by atoms with Crippen molar-refractivity contribution in [1.82, 2.24) is 5.32 Å². The number of rotatable bonds is 5. The molecule has 1 fully saturated rings. The van der Waals surface area contributed by atoms with Crippen molar-refractivity contribution >= 4 is 40.9 Å². The van der Waals surface area contributed by atoms with Crippen LogP contribution in [0.3, 0.4) is 0 Å². The molecule has 2 aliphatic heterocycles. The number of hydrogen-bond donors (Lipinski definition) is 1. The number of nitrogens with zero attached hydrogens (tertiary/aromatic N) is 1. The van der Waals surface area contributed by atoms with E-state index < -0.39 is 29.6 Å². The molecule has 10 heteroatoms. The lowest BCUT2D eigenvalue weighted by atomic mass is 10.1. The molecule has 0 aliphatic carbocycles. The van der Waals surface area contributed by atoms with E-state index >= 15 is 0 Å². The summed E-state index contributed by atoms with van der Waals surface area (Å²) in [5, 5.41) is 3.11. The minimum absolute atomic E-state index is 0.186. The Morgan fingerprint density at radius 2 is 2.23 bits per heavy atom. The Labute approximate surface area is 157 Å². The largest absolute Gasteiger partial charge is 0.411 e. The molecule has 0 spiro atoms. The normalized spacial score (nSPS) is 23.0. The van der Waals surface area contributed by atoms with E-state index in [1.165, 1.54) is 16.7 Å². The van der Waals surface area contributed by atoms with Crippen LogP contribution >= 0.6 is 23.4 Å². The highest BCUT2D eigenvalue weighted by atomic mass is 35.5. The Bertz CT molecular complexity index is 746. The first-order chi connectivity index (χ1) is 12.1. The molecule has 3 rings (SSSR count). The molecule has 0 saturated carbocycles. The number of ether oxygens (including phenoxy) is 1. The highest BCUT2D eigenvalue weighted by Crippen LogP contribution is 2.56. The van der Waals surface area contributed by atoms with Crippen LogP contribution in [0.15, 0.2) is 23.1 Å². The number of alkyl halides is 3. The van der Waals surface area contributed by atoms with Gasteiger partial charge in [0.1, 0.15) is 6.61 Å². The van der Waals surface area contributed by atoms with Crippen molar-refractivity contribution in [3.63, 3.8) is 0 Å². The van der Waals surface area contributed by atoms with Crippen molar-refractivity contribution in [2.24, 2.45) is 0 Å². The van der Waals surface area contributed by atoms with Crippen LogP contribution in [0, 0.1) is 0 Å². The molecular weight excluding hydrogens is 393 g/mol. The van der Waals surface area contributed by atoms with Gasteiger partial charge < -0.3 is 10.1 Å². The van der Waals surface area contributed by atoms with Gasteiger partial charge in [-0.3, -0.25) is 14.5 Å². The van der Waals surface area contributed by atoms with Gasteiger partial charge in [-0.2, -0.15) is 13.2 Å². The number of halogens is 4. The van der Waals surface area contributed by atoms with Crippen molar-refractivity contribution in [3.8, 4) is 0 Å². The first-order valence-corrected chi connectivity index (χ1v) is 9.09. The number of nitrogens with one attached hydrogen (secondary N) is 1. The fourth-order valence-corrected chi connectivity index (χ4v) is 4.62. The molecule has 2 heterocycles. The van der Waals surface area contributed by atoms with Gasteiger partial charge in [-0.25, -0.2) is 0 Å². The van der Waals surface area contributed by atoms with Crippen molar-refractivity contribution < 1.29 is 27.5 Å². The second-order valence-electron chi connectivity index (χ2n) is 6.23. The van der Waals surface area contributed by atoms with E-state index in [9.17, 15) is 22.8 Å². The molecule has 26 heavy (non-hydrogen) atoms. The van der Waals surface area contributed by atoms with Crippen LogP contribution < -0.4 is 10.2 Å². The van der Waals surface area contributed by atoms with Gasteiger partial charge in [0, 0.05) is 22.4 Å². The molecule has 2 aliphatic rings. The van der Waals surface area contributed by atoms with Crippen molar-refractivity contribution in [2.45, 2.75) is 41.7 Å². The summed E-state index contributed by atoms with van der Waals surface area (Å²) in [4.78, 5) is 26.3. The Kier molecular flexibility index (Phi) is 5.15. The van der Waals surface area contributed by atoms with E-state index in [2.05, 4.69) is 10.1 Å². The molecule has 0 radical (unpaired) electrons. The van der Waals surface area contributed by atoms with E-state index in [1.807, 2.05) is 0 Å². The lowest BCUT2D eigenvalue weighted by Crippen LogP contribution is -2.54. The van der Waals surface area contributed by atoms with E-state index in [0.29, 0.717) is 17.1 Å². The van der Waals surface area contributed by atoms with Crippen molar-refractivity contribution in [2.75, 3.05) is 18.1 Å². The zero-order valence-electron chi connectivity index (χ0n) is 13.7. The van der Waals surface area contributed by atoms with Crippen LogP contribution in [0.2, 0.25) is 5.02 Å². The summed E-state index contributed by atoms with van der Waals surface area (Å²) < 4.78 is 41.0. The zero-order valence-corrected chi connectivity index (χ0v) is 15.3. The summed E-state index contributed by atoms with van der Waals surface area (Å²) >= 11 is 7.27. The van der Waals surface area contributed by atoms with Crippen molar-refractivity contribution in [3.05, 3.63) is 23.2 Å². The van der Waals surface area contributed by atoms with Crippen LogP contribution in [0.5, 0.6) is 0 Å². The molecule has 2 amide bonds. The maximum absolute atomic E-state index is 12.9. The number of carbonyl (C=O) groups is 2. The predicted molar refractivity (Wildman–Crippen MR) is 91.2 cm³/mol. The number of carbonyl (C=O) groups excluding carboxylic acids is 2. The van der Waals surface area contributed by atoms with Gasteiger partial charge >= 0.3 is 6.18 Å². The average Bonchev–Trinajstić information content (AvgIpc) is 3.02. The third-order valence-electron chi connectivity index (χ3n) is 4.09. The van der Waals surface area contributed by atoms with E-state index in [-0.39, 0.29) is 18.9 Å². The van der Waals surface area contributed by atoms with E-state index in [1.54, 1.807) is 25.1 Å². The monoisotopic (exact) mass is 408 g/mol. The Hall–Kier alpha value is -1.45. The van der Waals surface area contributed by atoms with Gasteiger partial charge in [-0.15, -0.1) is 0 Å². The van der Waals surface area contributed by atoms with Gasteiger partial charge in [0.2, 0.25) is 5.91 Å². The van der Waals surface area contributed by atoms with Gasteiger partial charge in [0.25, 0.3) is 5.91 Å². The first-order valence-electron chi connectivity index (χ1n) is 7.89. The highest BCUT2D eigenvalue weighted by molar-refractivity contribution is 8.02. The first kappa shape index (κ1) is 19.3. The SMILES string of the molecule is C[C@H](COCC(F)(F)F)NC(=O)[C@]12CCC(=O)N1c1cc(Cl)ccc1S2. The topological polar surface area (TPSA) is 58.6 Å². The summed E-state index contributed by atoms with van der Waals surface area (Å²) in [6.07, 6.45) is -3.89. The standard InChI is InChI=1S/C16H16ClF3N2O3S/c1-9(7-25-8-16(18,19)20)21-14(24)15-5-4-13(23)22(15)11-6-10(17)2-3-12(11)26-15/h2-3,6,9H,4-5,7-8H2,1H3,(H,21,24)/t9-,15-/m1/s1. The maximum atomic E-state index is 12.9. The lowest BCUT2D eigenvalue weighted by Gasteiger charge is -2.31. The summed E-state index contributed by atoms with van der Waals surface area (Å²) in [5.41, 5.74) is 0.584. The van der Waals surface area contributed by atoms with Crippen LogP contribution in [0.25, 0.3) is 0 Å². The molecular formula is C16H16ClF3N2O3S. The fraction of sp³-hybridized carbons (Fsp3) is 0.500. The molecule has 5 nitrogen and oxygen atoms in total. The Morgan fingerprint density at radius 1 is 1.50 bits per heavy atom. The summed E-state index contributed by atoms with van der Waals surface area (Å²) in [6, 6.07) is 4.43. The Balaban J connectivity index is 1.71. The quantitative estimate of drug-likeness (QED) is 0.811. The number of hydrogen-bond acceptors (Lipinski definition) is 4. The molecule has 1 N–H and O–H groups in total. The molecule has 0 aromatic heterocycles. The fourth-order valence-electron chi connectivity index (χ4n) is 3.05. The molecule has 1 aromatic carbocycles. The van der Waals surface area contributed by atoms with Crippen LogP contribution in [0.1, 0.15) is 19.8 Å². The second kappa shape index (κ2) is 6.94. The number of amides is 2. The number of benzene rings is 1. The summed E-state index contributed by atoms with van der Waals surface area (Å²) in [5.74, 6) is -0.613. The van der Waals surface area contributed by atoms with E-state index in [0.717, 1.165) is 4.90 Å². The summed E-state index contributed by atoms with van der Waals surface area (Å²) in [7, 11) is 0. The second-order valence-corrected chi connectivity index (χ2v) is 7.99. The minimum atomic E-state index is -4.42. The number of thioether (sulfide) groups is 1. The average molecular weight is 409 g/mol. The number of anilines is 1. The summed E-state index contributed by atoms with van der Waals surface area (Å²) in [6.45, 7) is -0.101. The maximum Gasteiger partial charge on any atom is 0.411 e. The van der Waals surface area contributed by atoms with Gasteiger partial charge in [0.05, 0.1) is 12.3 Å². The molecule has 0 unspecified atom stereocenters. The van der Waals surface area contributed by atoms with Gasteiger partial charge in [-0.1, -0.05) is 23.4 Å². The van der Waals surface area contributed by atoms with Gasteiger partial charge in [0.15, 0.2) is 4.87 Å². The predicted octanol–water partition coefficient (Wildman–Crippen LogP) is 3.35. The minimum Gasteiger partial charge on any atom is -0.370 e. The highest BCUT2D eigenvalue weighted by Gasteiger charge is 2.57. The van der Waals surface area contributed by atoms with Crippen LogP contribution in [-0.2, 0) is 14.3 Å². The van der Waals surface area contributed by atoms with E-state index in [4.69, 9.17) is 11.6 Å². The lowest BCUT2D eigenvalue weighted by molar-refractivity contribution is -0.175. The zero-order chi connectivity index (χ0) is 19.1. The van der Waals surface area contributed by atoms with Gasteiger partial charge in [-0.05, 0) is 31.5 Å². The molecule has 0 bridgehead atoms. The molecule has 2 atom stereocenters. The molecule has 1 aromatic rings. The number of fused-ring (bicyclic) bond motifs is 3. The smallest absolute Gasteiger partial charge is 0.370 e. The van der Waals surface area contributed by atoms with Crippen molar-refractivity contribution in [1.29, 1.82) is 0 Å². The molecule has 142 valence electrons. The van der Waals surface area contributed by atoms with Crippen LogP contribution in [0.4, 0.5) is 18.9 Å². The molecule has 1 saturated heterocycles.